The zero-order valence-electron chi connectivity index (χ0n) is 64.0. The number of nitrogens with zero attached hydrogens (tertiary/aromatic N) is 2. The molecule has 12 rings (SSSR count). The highest BCUT2D eigenvalue weighted by Gasteiger charge is 2.34. The molecule has 0 aliphatic carbocycles. The normalized spacial score (nSPS) is 11.6. The zero-order valence-corrected chi connectivity index (χ0v) is 71.4. The maximum Gasteiger partial charge on any atom is 0.416 e. The third-order valence-corrected chi connectivity index (χ3v) is 29.8. The molecule has 8 aromatic carbocycles. The molecule has 35 heteroatoms. The highest BCUT2D eigenvalue weighted by atomic mass is 32.2. The second-order valence-corrected chi connectivity index (χ2v) is 40.8. The molecular weight excluding hydrogens is 1720 g/mol. The first-order valence-corrected chi connectivity index (χ1v) is 46.6. The van der Waals surface area contributed by atoms with Crippen molar-refractivity contribution in [2.45, 2.75) is 87.8 Å². The third-order valence-electron chi connectivity index (χ3n) is 17.9. The number of halogens is 3. The van der Waals surface area contributed by atoms with E-state index < -0.39 is 107 Å². The van der Waals surface area contributed by atoms with Crippen molar-refractivity contribution in [1.82, 2.24) is 0 Å². The summed E-state index contributed by atoms with van der Waals surface area (Å²) in [4.78, 5) is 50.7. The van der Waals surface area contributed by atoms with Crippen molar-refractivity contribution in [3.05, 3.63) is 281 Å². The van der Waals surface area contributed by atoms with Crippen LogP contribution in [-0.4, -0.2) is 114 Å². The van der Waals surface area contributed by atoms with Crippen molar-refractivity contribution in [2.24, 2.45) is 0 Å². The van der Waals surface area contributed by atoms with Crippen LogP contribution in [0.1, 0.15) is 107 Å². The Balaban J connectivity index is 0.000000181. The van der Waals surface area contributed by atoms with Crippen molar-refractivity contribution < 1.29 is 109 Å². The average Bonchev–Trinajstić information content (AvgIpc) is 1.32. The van der Waals surface area contributed by atoms with Gasteiger partial charge in [-0.15, -0.1) is 45.3 Å². The number of rotatable bonds is 25. The van der Waals surface area contributed by atoms with Crippen LogP contribution in [0, 0.1) is 43.4 Å². The van der Waals surface area contributed by atoms with Crippen molar-refractivity contribution in [3.8, 4) is 71.1 Å². The van der Waals surface area contributed by atoms with Gasteiger partial charge < -0.3 is 34.6 Å². The van der Waals surface area contributed by atoms with Gasteiger partial charge in [0.1, 0.15) is 31.9 Å². The fourth-order valence-electron chi connectivity index (χ4n) is 12.1. The molecule has 23 nitrogen and oxygen atoms in total. The molecule has 0 aliphatic heterocycles. The van der Waals surface area contributed by atoms with Crippen LogP contribution in [-0.2, 0) is 84.8 Å². The summed E-state index contributed by atoms with van der Waals surface area (Å²) >= 11 is 5.79. The van der Waals surface area contributed by atoms with Crippen LogP contribution < -0.4 is 14.2 Å². The molecule has 4 aromatic heterocycles. The standard InChI is InChI=1S/C22H19NO4S2.C21H17F3O5S2.C21H17NO5S2.C20H18O7S3/c1-3-16-6-7-17(22(24)25)11-21(16)29(26,27)13-18-10-15(12-23)5-8-19(18)20-9-4-14(2)28-20;1-12-3-8-18(30-12)16-6-5-15(21(22,23)24)9-14(16)11-31(27,28)19-10-13(20(25)26)4-7-17(19)29-2;1-13-3-8-19(28-13)17-6-4-14(11-22)9-16(17)12-29(25,26)20-10-15(21(23)24)5-7-18(20)27-2;1-27-17-8-5-13(20(21)22)11-19(17)30(25,26)12-14-10-15(29(2,23)24)6-7-16(14)18-4-3-9-28-18/h4-11H,3,13H2,1-2H3,(H,24,25);3-10H,11H2,1-2H3,(H,25,26);3-10H,12H2,1-2H3,(H,23,24);3-11H,12H2,1-2H3,(H,21,22). The van der Waals surface area contributed by atoms with Crippen LogP contribution in [0.5, 0.6) is 17.2 Å². The second-order valence-electron chi connectivity index (χ2n) is 26.2. The summed E-state index contributed by atoms with van der Waals surface area (Å²) < 4.78 is 185. The lowest BCUT2D eigenvalue weighted by atomic mass is 10.0. The van der Waals surface area contributed by atoms with Crippen molar-refractivity contribution in [2.75, 3.05) is 27.6 Å². The van der Waals surface area contributed by atoms with Crippen LogP contribution in [0.2, 0.25) is 0 Å². The average molecular weight is 1790 g/mol. The van der Waals surface area contributed by atoms with Crippen molar-refractivity contribution in [1.29, 1.82) is 10.5 Å². The number of alkyl halides is 3. The minimum atomic E-state index is -4.65. The lowest BCUT2D eigenvalue weighted by molar-refractivity contribution is -0.137. The van der Waals surface area contributed by atoms with E-state index in [1.165, 1.54) is 122 Å². The highest BCUT2D eigenvalue weighted by Crippen LogP contribution is 2.42. The summed E-state index contributed by atoms with van der Waals surface area (Å²) in [6.07, 6.45) is -3.14. The van der Waals surface area contributed by atoms with Crippen LogP contribution in [0.15, 0.2) is 224 Å². The Hall–Kier alpha value is -11.6. The lowest BCUT2D eigenvalue weighted by Gasteiger charge is -2.15. The monoisotopic (exact) mass is 1790 g/mol. The zero-order chi connectivity index (χ0) is 87.4. The molecule has 0 bridgehead atoms. The Labute approximate surface area is 700 Å². The molecule has 12 aromatic rings. The first-order chi connectivity index (χ1) is 55.9. The molecule has 0 spiro atoms. The fraction of sp³-hybridized carbons (Fsp3) is 0.167. The number of sulfone groups is 5. The molecule has 0 radical (unpaired) electrons. The Morgan fingerprint density at radius 3 is 1.03 bits per heavy atom. The van der Waals surface area contributed by atoms with E-state index in [1.54, 1.807) is 72.0 Å². The van der Waals surface area contributed by atoms with Crippen LogP contribution in [0.4, 0.5) is 13.2 Å². The van der Waals surface area contributed by atoms with Crippen molar-refractivity contribution in [3.63, 3.8) is 0 Å². The molecular formula is C84H71F3N2O21S9. The Bertz CT molecular complexity index is 6420. The van der Waals surface area contributed by atoms with Crippen molar-refractivity contribution >= 4 is 118 Å². The van der Waals surface area contributed by atoms with Crippen LogP contribution in [0.3, 0.4) is 0 Å². The number of aryl methyl sites for hydroxylation is 4. The Kier molecular flexibility index (Phi) is 29.1. The SMILES string of the molecule is CCc1ccc(C(=O)O)cc1S(=O)(=O)Cc1cc(C#N)ccc1-c1ccc(C)s1.COc1ccc(C(=O)O)cc1S(=O)(=O)Cc1cc(C#N)ccc1-c1ccc(C)s1.COc1ccc(C(=O)O)cc1S(=O)(=O)Cc1cc(C(F)(F)F)ccc1-c1ccc(C)s1.COc1ccc(C(=O)O)cc1S(=O)(=O)Cc1cc(S(C)(=O)=O)ccc1-c1cccs1. The van der Waals surface area contributed by atoms with E-state index >= 15 is 0 Å². The number of carboxylic acids is 4. The molecule has 0 saturated carbocycles. The fourth-order valence-corrected chi connectivity index (χ4v) is 22.7. The first-order valence-electron chi connectivity index (χ1n) is 34.8. The number of hydrogen-bond donors (Lipinski definition) is 4. The quantitative estimate of drug-likeness (QED) is 0.0413. The molecule has 0 atom stereocenters. The summed E-state index contributed by atoms with van der Waals surface area (Å²) in [7, 11) is -15.8. The highest BCUT2D eigenvalue weighted by molar-refractivity contribution is 7.92. The van der Waals surface area contributed by atoms with Gasteiger partial charge in [0.15, 0.2) is 49.2 Å². The number of carboxylic acid groups (broad SMARTS) is 4. The molecule has 0 amide bonds. The molecule has 4 N–H and O–H groups in total. The largest absolute Gasteiger partial charge is 0.495 e. The van der Waals surface area contributed by atoms with Gasteiger partial charge in [0.05, 0.1) is 105 Å². The van der Waals surface area contributed by atoms with Gasteiger partial charge in [0, 0.05) is 40.4 Å². The Morgan fingerprint density at radius 2 is 0.723 bits per heavy atom. The number of aromatic carboxylic acids is 4. The van der Waals surface area contributed by atoms with E-state index in [4.69, 9.17) is 14.2 Å². The second kappa shape index (κ2) is 38.0. The maximum atomic E-state index is 13.3. The number of methoxy groups -OCH3 is 3. The van der Waals surface area contributed by atoms with E-state index in [9.17, 15) is 105 Å². The molecule has 4 heterocycles. The van der Waals surface area contributed by atoms with E-state index in [1.807, 2.05) is 75.5 Å². The summed E-state index contributed by atoms with van der Waals surface area (Å²) in [5, 5.41) is 57.2. The first kappa shape index (κ1) is 91.3. The third kappa shape index (κ3) is 22.6. The van der Waals surface area contributed by atoms with Gasteiger partial charge in [-0.3, -0.25) is 0 Å². The van der Waals surface area contributed by atoms with E-state index in [-0.39, 0.29) is 70.4 Å². The lowest BCUT2D eigenvalue weighted by Crippen LogP contribution is -2.11. The summed E-state index contributed by atoms with van der Waals surface area (Å²) in [6.45, 7) is 7.58. The molecule has 0 fully saturated rings. The van der Waals surface area contributed by atoms with Crippen LogP contribution >= 0.6 is 45.3 Å². The smallest absolute Gasteiger partial charge is 0.416 e. The minimum Gasteiger partial charge on any atom is -0.495 e. The van der Waals surface area contributed by atoms with E-state index in [0.29, 0.717) is 55.8 Å². The Morgan fingerprint density at radius 1 is 0.395 bits per heavy atom. The number of hydrogen-bond acceptors (Lipinski definition) is 23. The van der Waals surface area contributed by atoms with Gasteiger partial charge in [0.2, 0.25) is 0 Å². The number of benzene rings is 8. The predicted molar refractivity (Wildman–Crippen MR) is 447 cm³/mol. The molecule has 0 saturated heterocycles. The number of thiophene rings is 4. The summed E-state index contributed by atoms with van der Waals surface area (Å²) in [5.74, 6) is -7.02. The van der Waals surface area contributed by atoms with Gasteiger partial charge in [-0.2, -0.15) is 23.7 Å². The van der Waals surface area contributed by atoms with Gasteiger partial charge >= 0.3 is 30.1 Å². The molecule has 0 unspecified atom stereocenters. The topological polar surface area (TPSA) is 395 Å². The van der Waals surface area contributed by atoms with E-state index in [0.717, 1.165) is 77.0 Å². The van der Waals surface area contributed by atoms with Gasteiger partial charge in [-0.05, 0) is 240 Å². The number of ether oxygens (including phenoxy) is 3. The maximum absolute atomic E-state index is 13.3. The predicted octanol–water partition coefficient (Wildman–Crippen LogP) is 18.0. The minimum absolute atomic E-state index is 0.000687. The molecule has 0 aliphatic rings. The molecule has 618 valence electrons. The summed E-state index contributed by atoms with van der Waals surface area (Å²) in [6, 6.07) is 51.0. The number of carbonyl (C=O) groups is 4. The molecule has 119 heavy (non-hydrogen) atoms. The van der Waals surface area contributed by atoms with Gasteiger partial charge in [0.25, 0.3) is 0 Å². The summed E-state index contributed by atoms with van der Waals surface area (Å²) in [5.41, 5.74) is 3.31. The van der Waals surface area contributed by atoms with E-state index in [2.05, 4.69) is 6.07 Å². The van der Waals surface area contributed by atoms with Crippen LogP contribution in [0.25, 0.3) is 41.8 Å². The number of nitriles is 2. The van der Waals surface area contributed by atoms with Gasteiger partial charge in [-0.25, -0.2) is 61.3 Å². The van der Waals surface area contributed by atoms with Gasteiger partial charge in [-0.1, -0.05) is 43.3 Å².